The Morgan fingerprint density at radius 2 is 1.88 bits per heavy atom. The van der Waals surface area contributed by atoms with Crippen LogP contribution in [-0.4, -0.2) is 43.8 Å². The highest BCUT2D eigenvalue weighted by Gasteiger charge is 2.22. The van der Waals surface area contributed by atoms with Crippen molar-refractivity contribution in [3.8, 4) is 0 Å². The van der Waals surface area contributed by atoms with E-state index in [1.54, 1.807) is 0 Å². The summed E-state index contributed by atoms with van der Waals surface area (Å²) in [7, 11) is 2.19. The molecule has 0 spiro atoms. The average molecular weight is 228 g/mol. The summed E-state index contributed by atoms with van der Waals surface area (Å²) in [5.74, 6) is 0. The predicted octanol–water partition coefficient (Wildman–Crippen LogP) is 2.00. The molecule has 2 N–H and O–H groups in total. The van der Waals surface area contributed by atoms with Crippen LogP contribution < -0.4 is 5.73 Å². The van der Waals surface area contributed by atoms with Crippen LogP contribution in [0.25, 0.3) is 0 Å². The van der Waals surface area contributed by atoms with Gasteiger partial charge in [0.15, 0.2) is 0 Å². The van der Waals surface area contributed by atoms with Crippen LogP contribution in [0.1, 0.15) is 45.4 Å². The molecule has 1 saturated carbocycles. The lowest BCUT2D eigenvalue weighted by Gasteiger charge is -2.34. The minimum Gasteiger partial charge on any atom is -0.380 e. The van der Waals surface area contributed by atoms with Crippen LogP contribution in [0.2, 0.25) is 0 Å². The predicted molar refractivity (Wildman–Crippen MR) is 68.6 cm³/mol. The molecular weight excluding hydrogens is 200 g/mol. The van der Waals surface area contributed by atoms with Gasteiger partial charge in [-0.2, -0.15) is 0 Å². The van der Waals surface area contributed by atoms with Gasteiger partial charge in [0.1, 0.15) is 0 Å². The molecule has 0 aromatic carbocycles. The summed E-state index contributed by atoms with van der Waals surface area (Å²) in [5, 5.41) is 0. The Morgan fingerprint density at radius 1 is 1.19 bits per heavy atom. The monoisotopic (exact) mass is 228 g/mol. The van der Waals surface area contributed by atoms with Crippen molar-refractivity contribution >= 4 is 0 Å². The molecule has 1 rings (SSSR count). The molecule has 1 aliphatic carbocycles. The third kappa shape index (κ3) is 4.81. The first-order valence-corrected chi connectivity index (χ1v) is 6.79. The molecule has 2 unspecified atom stereocenters. The number of hydrogen-bond acceptors (Lipinski definition) is 3. The third-order valence-corrected chi connectivity index (χ3v) is 3.64. The van der Waals surface area contributed by atoms with Crippen molar-refractivity contribution in [2.75, 3.05) is 26.8 Å². The highest BCUT2D eigenvalue weighted by atomic mass is 16.5. The van der Waals surface area contributed by atoms with Crippen LogP contribution in [0, 0.1) is 0 Å². The van der Waals surface area contributed by atoms with Gasteiger partial charge in [-0.05, 0) is 26.8 Å². The second-order valence-corrected chi connectivity index (χ2v) is 4.90. The van der Waals surface area contributed by atoms with Crippen LogP contribution in [0.15, 0.2) is 0 Å². The standard InChI is InChI=1S/C13H28N2O/c1-3-16-11-10-15(2)13-9-7-5-4-6-8-12(13)14/h12-13H,3-11,14H2,1-2H3. The van der Waals surface area contributed by atoms with Gasteiger partial charge in [0.2, 0.25) is 0 Å². The lowest BCUT2D eigenvalue weighted by Crippen LogP contribution is -2.47. The number of hydrogen-bond donors (Lipinski definition) is 1. The molecule has 0 aromatic rings. The van der Waals surface area contributed by atoms with Gasteiger partial charge in [-0.1, -0.05) is 25.7 Å². The summed E-state index contributed by atoms with van der Waals surface area (Å²) in [6, 6.07) is 0.910. The molecule has 96 valence electrons. The number of nitrogens with two attached hydrogens (primary N) is 1. The van der Waals surface area contributed by atoms with E-state index in [0.717, 1.165) is 19.8 Å². The Hall–Kier alpha value is -0.120. The van der Waals surface area contributed by atoms with Crippen LogP contribution >= 0.6 is 0 Å². The summed E-state index contributed by atoms with van der Waals surface area (Å²) >= 11 is 0. The maximum absolute atomic E-state index is 6.27. The summed E-state index contributed by atoms with van der Waals surface area (Å²) in [6.45, 7) is 4.69. The highest BCUT2D eigenvalue weighted by Crippen LogP contribution is 2.19. The zero-order valence-corrected chi connectivity index (χ0v) is 11.0. The third-order valence-electron chi connectivity index (χ3n) is 3.64. The maximum atomic E-state index is 6.27. The van der Waals surface area contributed by atoms with Crippen molar-refractivity contribution in [1.29, 1.82) is 0 Å². The van der Waals surface area contributed by atoms with Crippen LogP contribution in [-0.2, 0) is 4.74 Å². The molecule has 3 nitrogen and oxygen atoms in total. The van der Waals surface area contributed by atoms with Gasteiger partial charge in [-0.15, -0.1) is 0 Å². The molecule has 0 heterocycles. The van der Waals surface area contributed by atoms with Crippen molar-refractivity contribution in [2.24, 2.45) is 5.73 Å². The lowest BCUT2D eigenvalue weighted by atomic mass is 9.92. The van der Waals surface area contributed by atoms with Crippen molar-refractivity contribution in [1.82, 2.24) is 4.90 Å². The molecule has 0 amide bonds. The van der Waals surface area contributed by atoms with Gasteiger partial charge >= 0.3 is 0 Å². The maximum Gasteiger partial charge on any atom is 0.0593 e. The highest BCUT2D eigenvalue weighted by molar-refractivity contribution is 4.82. The van der Waals surface area contributed by atoms with Crippen molar-refractivity contribution < 1.29 is 4.74 Å². The minimum atomic E-state index is 0.354. The fourth-order valence-corrected chi connectivity index (χ4v) is 2.56. The van der Waals surface area contributed by atoms with E-state index >= 15 is 0 Å². The van der Waals surface area contributed by atoms with E-state index in [0.29, 0.717) is 12.1 Å². The Labute approximate surface area is 100 Å². The number of nitrogens with zero attached hydrogens (tertiary/aromatic N) is 1. The van der Waals surface area contributed by atoms with E-state index in [1.165, 1.54) is 38.5 Å². The second-order valence-electron chi connectivity index (χ2n) is 4.90. The van der Waals surface area contributed by atoms with Crippen LogP contribution in [0.3, 0.4) is 0 Å². The number of likely N-dealkylation sites (N-methyl/N-ethyl adjacent to an activating group) is 1. The molecule has 0 bridgehead atoms. The quantitative estimate of drug-likeness (QED) is 0.732. The van der Waals surface area contributed by atoms with Gasteiger partial charge in [0.05, 0.1) is 6.61 Å². The molecule has 16 heavy (non-hydrogen) atoms. The van der Waals surface area contributed by atoms with E-state index in [9.17, 15) is 0 Å². The van der Waals surface area contributed by atoms with Gasteiger partial charge in [-0.25, -0.2) is 0 Å². The first kappa shape index (κ1) is 13.9. The fourth-order valence-electron chi connectivity index (χ4n) is 2.56. The second kappa shape index (κ2) is 8.04. The normalized spacial score (nSPS) is 27.8. The summed E-state index contributed by atoms with van der Waals surface area (Å²) in [5.41, 5.74) is 6.27. The lowest BCUT2D eigenvalue weighted by molar-refractivity contribution is 0.0950. The number of ether oxygens (including phenoxy) is 1. The molecule has 0 aromatic heterocycles. The topological polar surface area (TPSA) is 38.5 Å². The van der Waals surface area contributed by atoms with E-state index in [-0.39, 0.29) is 0 Å². The summed E-state index contributed by atoms with van der Waals surface area (Å²) < 4.78 is 5.40. The van der Waals surface area contributed by atoms with Crippen LogP contribution in [0.5, 0.6) is 0 Å². The SMILES string of the molecule is CCOCCN(C)C1CCCCCCC1N. The molecule has 0 saturated heterocycles. The average Bonchev–Trinajstić information content (AvgIpc) is 2.24. The van der Waals surface area contributed by atoms with E-state index in [2.05, 4.69) is 11.9 Å². The largest absolute Gasteiger partial charge is 0.380 e. The molecule has 0 radical (unpaired) electrons. The smallest absolute Gasteiger partial charge is 0.0593 e. The van der Waals surface area contributed by atoms with Crippen LogP contribution in [0.4, 0.5) is 0 Å². The Morgan fingerprint density at radius 3 is 2.56 bits per heavy atom. The van der Waals surface area contributed by atoms with E-state index < -0.39 is 0 Å². The molecule has 0 aliphatic heterocycles. The Bertz CT molecular complexity index is 175. The van der Waals surface area contributed by atoms with Crippen molar-refractivity contribution in [3.05, 3.63) is 0 Å². The zero-order valence-electron chi connectivity index (χ0n) is 11.0. The molecular formula is C13H28N2O. The summed E-state index contributed by atoms with van der Waals surface area (Å²) in [4.78, 5) is 2.39. The van der Waals surface area contributed by atoms with E-state index in [4.69, 9.17) is 10.5 Å². The molecule has 2 atom stereocenters. The van der Waals surface area contributed by atoms with E-state index in [1.807, 2.05) is 6.92 Å². The Kier molecular flexibility index (Phi) is 7.01. The molecule has 3 heteroatoms. The molecule has 1 aliphatic rings. The van der Waals surface area contributed by atoms with Gasteiger partial charge in [-0.3, -0.25) is 4.90 Å². The fraction of sp³-hybridized carbons (Fsp3) is 1.00. The first-order chi connectivity index (χ1) is 7.75. The number of rotatable bonds is 5. The minimum absolute atomic E-state index is 0.354. The first-order valence-electron chi connectivity index (χ1n) is 6.79. The van der Waals surface area contributed by atoms with Crippen molar-refractivity contribution in [3.63, 3.8) is 0 Å². The summed E-state index contributed by atoms with van der Waals surface area (Å²) in [6.07, 6.45) is 7.81. The zero-order chi connectivity index (χ0) is 11.8. The Balaban J connectivity index is 2.33. The van der Waals surface area contributed by atoms with Gasteiger partial charge < -0.3 is 10.5 Å². The van der Waals surface area contributed by atoms with Gasteiger partial charge in [0, 0.05) is 25.2 Å². The van der Waals surface area contributed by atoms with Gasteiger partial charge in [0.25, 0.3) is 0 Å². The molecule has 1 fully saturated rings. The van der Waals surface area contributed by atoms with Crippen molar-refractivity contribution in [2.45, 2.75) is 57.5 Å².